The van der Waals surface area contributed by atoms with E-state index in [0.29, 0.717) is 39.8 Å². The van der Waals surface area contributed by atoms with Gasteiger partial charge in [-0.15, -0.1) is 0 Å². The molecule has 1 aliphatic carbocycles. The van der Waals surface area contributed by atoms with Gasteiger partial charge < -0.3 is 25.3 Å². The predicted molar refractivity (Wildman–Crippen MR) is 143 cm³/mol. The van der Waals surface area contributed by atoms with Gasteiger partial charge in [-0.05, 0) is 43.0 Å². The van der Waals surface area contributed by atoms with E-state index < -0.39 is 17.8 Å². The number of aryl methyl sites for hydroxylation is 1. The first-order chi connectivity index (χ1) is 18.0. The zero-order valence-corrected chi connectivity index (χ0v) is 22.6. The van der Waals surface area contributed by atoms with Gasteiger partial charge >= 0.3 is 5.97 Å². The van der Waals surface area contributed by atoms with Crippen molar-refractivity contribution in [3.8, 4) is 5.75 Å². The number of amides is 1. The van der Waals surface area contributed by atoms with Crippen molar-refractivity contribution in [3.05, 3.63) is 81.4 Å². The normalized spacial score (nSPS) is 18.4. The van der Waals surface area contributed by atoms with Gasteiger partial charge in [-0.2, -0.15) is 0 Å². The van der Waals surface area contributed by atoms with Gasteiger partial charge in [0.15, 0.2) is 12.4 Å². The number of halogens is 1. The van der Waals surface area contributed by atoms with Crippen molar-refractivity contribution in [2.45, 2.75) is 46.5 Å². The third-order valence-corrected chi connectivity index (χ3v) is 6.75. The lowest BCUT2D eigenvalue weighted by atomic mass is 9.70. The standard InChI is InChI=1S/C29H31ClN2O6/c1-5-36-28(35)26-24(25-20(33)13-29(3,4)14-22(25)38-27(26)31)18-8-6-7-9-21(18)37-15-23(34)32-19-12-17(30)11-10-16(19)2/h6-12,24H,5,13-15,31H2,1-4H3,(H,32,34). The van der Waals surface area contributed by atoms with Crippen LogP contribution < -0.4 is 15.8 Å². The van der Waals surface area contributed by atoms with Crippen molar-refractivity contribution in [2.24, 2.45) is 11.1 Å². The number of ketones is 1. The first kappa shape index (κ1) is 27.3. The van der Waals surface area contributed by atoms with Gasteiger partial charge in [0.25, 0.3) is 5.91 Å². The van der Waals surface area contributed by atoms with Gasteiger partial charge in [0.05, 0.1) is 12.5 Å². The molecule has 1 aliphatic heterocycles. The molecule has 8 nitrogen and oxygen atoms in total. The molecule has 0 saturated carbocycles. The Bertz CT molecular complexity index is 1360. The van der Waals surface area contributed by atoms with Crippen molar-refractivity contribution in [1.82, 2.24) is 0 Å². The molecule has 1 atom stereocenters. The summed E-state index contributed by atoms with van der Waals surface area (Å²) in [6, 6.07) is 12.1. The van der Waals surface area contributed by atoms with Crippen LogP contribution in [0.4, 0.5) is 5.69 Å². The van der Waals surface area contributed by atoms with Crippen LogP contribution in [0.15, 0.2) is 65.3 Å². The Balaban J connectivity index is 1.69. The average molecular weight is 539 g/mol. The van der Waals surface area contributed by atoms with E-state index >= 15 is 0 Å². The molecule has 2 aromatic rings. The second-order valence-electron chi connectivity index (χ2n) is 10.1. The zero-order valence-electron chi connectivity index (χ0n) is 21.9. The molecule has 0 aromatic heterocycles. The number of Topliss-reactive ketones (excluding diaryl/α,β-unsaturated/α-hetero) is 1. The smallest absolute Gasteiger partial charge is 0.340 e. The number of esters is 1. The molecule has 1 heterocycles. The van der Waals surface area contributed by atoms with Crippen LogP contribution in [0.1, 0.15) is 50.7 Å². The number of hydrogen-bond acceptors (Lipinski definition) is 7. The quantitative estimate of drug-likeness (QED) is 0.468. The van der Waals surface area contributed by atoms with E-state index in [1.807, 2.05) is 20.8 Å². The lowest BCUT2D eigenvalue weighted by Gasteiger charge is -2.38. The average Bonchev–Trinajstić information content (AvgIpc) is 2.83. The molecular formula is C29H31ClN2O6. The number of rotatable bonds is 7. The number of anilines is 1. The topological polar surface area (TPSA) is 117 Å². The van der Waals surface area contributed by atoms with Crippen LogP contribution in [0, 0.1) is 12.3 Å². The van der Waals surface area contributed by atoms with Gasteiger partial charge in [0, 0.05) is 34.7 Å². The summed E-state index contributed by atoms with van der Waals surface area (Å²) in [5.41, 5.74) is 8.26. The lowest BCUT2D eigenvalue weighted by molar-refractivity contribution is -0.139. The maximum absolute atomic E-state index is 13.4. The van der Waals surface area contributed by atoms with Gasteiger partial charge in [0.1, 0.15) is 17.1 Å². The summed E-state index contributed by atoms with van der Waals surface area (Å²) in [7, 11) is 0. The second-order valence-corrected chi connectivity index (χ2v) is 10.6. The summed E-state index contributed by atoms with van der Waals surface area (Å²) in [4.78, 5) is 39.2. The fourth-order valence-corrected chi connectivity index (χ4v) is 4.98. The highest BCUT2D eigenvalue weighted by atomic mass is 35.5. The predicted octanol–water partition coefficient (Wildman–Crippen LogP) is 5.16. The Morgan fingerprint density at radius 3 is 2.66 bits per heavy atom. The number of carbonyl (C=O) groups is 3. The van der Waals surface area contributed by atoms with Crippen molar-refractivity contribution in [3.63, 3.8) is 0 Å². The van der Waals surface area contributed by atoms with Crippen molar-refractivity contribution < 1.29 is 28.6 Å². The van der Waals surface area contributed by atoms with Crippen LogP contribution in [0.5, 0.6) is 5.75 Å². The summed E-state index contributed by atoms with van der Waals surface area (Å²) in [6.45, 7) is 7.30. The Morgan fingerprint density at radius 1 is 1.18 bits per heavy atom. The van der Waals surface area contributed by atoms with Gasteiger partial charge in [-0.25, -0.2) is 4.79 Å². The van der Waals surface area contributed by atoms with Crippen LogP contribution in [0.25, 0.3) is 0 Å². The summed E-state index contributed by atoms with van der Waals surface area (Å²) >= 11 is 6.06. The fourth-order valence-electron chi connectivity index (χ4n) is 4.81. The van der Waals surface area contributed by atoms with Crippen LogP contribution in [0.3, 0.4) is 0 Å². The second kappa shape index (κ2) is 10.9. The first-order valence-corrected chi connectivity index (χ1v) is 12.8. The minimum absolute atomic E-state index is 0.0358. The monoisotopic (exact) mass is 538 g/mol. The number of benzene rings is 2. The summed E-state index contributed by atoms with van der Waals surface area (Å²) in [5.74, 6) is -1.42. The van der Waals surface area contributed by atoms with E-state index in [-0.39, 0.29) is 42.3 Å². The van der Waals surface area contributed by atoms with Gasteiger partial charge in [0.2, 0.25) is 5.88 Å². The van der Waals surface area contributed by atoms with Crippen LogP contribution in [-0.2, 0) is 23.9 Å². The minimum Gasteiger partial charge on any atom is -0.483 e. The molecule has 4 rings (SSSR count). The molecule has 0 bridgehead atoms. The van der Waals surface area contributed by atoms with Gasteiger partial charge in [-0.3, -0.25) is 9.59 Å². The van der Waals surface area contributed by atoms with Crippen molar-refractivity contribution >= 4 is 34.9 Å². The highest BCUT2D eigenvalue weighted by molar-refractivity contribution is 6.31. The number of nitrogens with one attached hydrogen (secondary N) is 1. The molecule has 0 spiro atoms. The maximum Gasteiger partial charge on any atom is 0.340 e. The molecule has 0 radical (unpaired) electrons. The van der Waals surface area contributed by atoms with E-state index in [4.69, 9.17) is 31.5 Å². The summed E-state index contributed by atoms with van der Waals surface area (Å²) < 4.78 is 17.1. The summed E-state index contributed by atoms with van der Waals surface area (Å²) in [6.07, 6.45) is 0.762. The number of para-hydroxylation sites is 1. The number of carbonyl (C=O) groups excluding carboxylic acids is 3. The molecule has 200 valence electrons. The van der Waals surface area contributed by atoms with E-state index in [1.54, 1.807) is 49.4 Å². The molecular weight excluding hydrogens is 508 g/mol. The van der Waals surface area contributed by atoms with E-state index in [9.17, 15) is 14.4 Å². The molecule has 2 aromatic carbocycles. The van der Waals surface area contributed by atoms with Gasteiger partial charge in [-0.1, -0.05) is 49.7 Å². The summed E-state index contributed by atoms with van der Waals surface area (Å²) in [5, 5.41) is 3.29. The maximum atomic E-state index is 13.4. The number of nitrogens with two attached hydrogens (primary N) is 1. The minimum atomic E-state index is -0.865. The fraction of sp³-hybridized carbons (Fsp3) is 0.345. The van der Waals surface area contributed by atoms with E-state index in [1.165, 1.54) is 0 Å². The molecule has 9 heteroatoms. The molecule has 1 unspecified atom stereocenters. The van der Waals surface area contributed by atoms with Crippen LogP contribution in [-0.4, -0.2) is 30.9 Å². The van der Waals surface area contributed by atoms with Crippen molar-refractivity contribution in [2.75, 3.05) is 18.5 Å². The third kappa shape index (κ3) is 5.70. The highest BCUT2D eigenvalue weighted by Crippen LogP contribution is 2.49. The van der Waals surface area contributed by atoms with E-state index in [2.05, 4.69) is 5.32 Å². The SMILES string of the molecule is CCOC(=O)C1=C(N)OC2=C(C(=O)CC(C)(C)C2)C1c1ccccc1OCC(=O)Nc1cc(Cl)ccc1C. The molecule has 3 N–H and O–H groups in total. The Kier molecular flexibility index (Phi) is 7.83. The van der Waals surface area contributed by atoms with Crippen LogP contribution >= 0.6 is 11.6 Å². The number of allylic oxidation sites excluding steroid dienone is 2. The molecule has 38 heavy (non-hydrogen) atoms. The molecule has 0 fully saturated rings. The van der Waals surface area contributed by atoms with Crippen LogP contribution in [0.2, 0.25) is 5.02 Å². The van der Waals surface area contributed by atoms with E-state index in [0.717, 1.165) is 5.56 Å². The third-order valence-electron chi connectivity index (χ3n) is 6.51. The van der Waals surface area contributed by atoms with Crippen molar-refractivity contribution in [1.29, 1.82) is 0 Å². The largest absolute Gasteiger partial charge is 0.483 e. The highest BCUT2D eigenvalue weighted by Gasteiger charge is 2.45. The first-order valence-electron chi connectivity index (χ1n) is 12.4. The zero-order chi connectivity index (χ0) is 27.6. The number of ether oxygens (including phenoxy) is 3. The lowest BCUT2D eigenvalue weighted by Crippen LogP contribution is -2.36. The molecule has 1 amide bonds. The Hall–Kier alpha value is -3.78. The molecule has 0 saturated heterocycles. The molecule has 2 aliphatic rings. The number of hydrogen-bond donors (Lipinski definition) is 2. The Morgan fingerprint density at radius 2 is 1.92 bits per heavy atom. The Labute approximate surface area is 226 Å².